The van der Waals surface area contributed by atoms with E-state index < -0.39 is 36.5 Å². The molecule has 2 amide bonds. The highest BCUT2D eigenvalue weighted by Gasteiger charge is 2.33. The highest BCUT2D eigenvalue weighted by atomic mass is 79.9. The van der Waals surface area contributed by atoms with Crippen LogP contribution >= 0.6 is 23.1 Å². The first-order chi connectivity index (χ1) is 33.1. The van der Waals surface area contributed by atoms with Gasteiger partial charge < -0.3 is 34.5 Å². The molecule has 3 N–H and O–H groups in total. The van der Waals surface area contributed by atoms with Crippen LogP contribution < -0.4 is 41.2 Å². The number of hydrogen-bond acceptors (Lipinski definition) is 14. The molecule has 0 bridgehead atoms. The fraction of sp³-hybridized carbons (Fsp3) is 0.469. The summed E-state index contributed by atoms with van der Waals surface area (Å²) in [6.07, 6.45) is 6.94. The number of fused-ring (bicyclic) bond motifs is 1. The smallest absolute Gasteiger partial charge is 0.274 e. The lowest BCUT2D eigenvalue weighted by Crippen LogP contribution is -2.53. The largest absolute Gasteiger partial charge is 0.493 e. The first-order valence-corrected chi connectivity index (χ1v) is 27.2. The summed E-state index contributed by atoms with van der Waals surface area (Å²) in [7, 11) is -2.92. The molecule has 69 heavy (non-hydrogen) atoms. The molecule has 1 atom stereocenters. The van der Waals surface area contributed by atoms with Crippen molar-refractivity contribution < 1.29 is 32.4 Å². The minimum atomic E-state index is -2.92. The van der Waals surface area contributed by atoms with Gasteiger partial charge in [0.05, 0.1) is 46.6 Å². The van der Waals surface area contributed by atoms with E-state index in [1.807, 2.05) is 13.8 Å². The Labute approximate surface area is 409 Å². The molecule has 0 radical (unpaired) electrons. The van der Waals surface area contributed by atoms with Gasteiger partial charge >= 0.3 is 0 Å². The number of aryl methyl sites for hydroxylation is 2. The number of benzene rings is 3. The van der Waals surface area contributed by atoms with Crippen molar-refractivity contribution in [2.24, 2.45) is 0 Å². The van der Waals surface area contributed by atoms with Gasteiger partial charge in [0.15, 0.2) is 0 Å². The third-order valence-corrected chi connectivity index (χ3v) is 15.3. The highest BCUT2D eigenvalue weighted by Crippen LogP contribution is 2.42. The number of nitrogens with zero attached hydrogens (tertiary/aromatic N) is 7. The number of amides is 2. The van der Waals surface area contributed by atoms with Crippen molar-refractivity contribution >= 4 is 79.8 Å². The third-order valence-electron chi connectivity index (χ3n) is 13.2. The van der Waals surface area contributed by atoms with Crippen LogP contribution in [-0.4, -0.2) is 120 Å². The summed E-state index contributed by atoms with van der Waals surface area (Å²) in [4.78, 5) is 53.7. The number of piperazine rings is 1. The van der Waals surface area contributed by atoms with Crippen molar-refractivity contribution in [2.75, 3.05) is 87.9 Å². The number of carbonyl (C=O) groups is 2. The molecule has 3 aliphatic rings. The second-order valence-electron chi connectivity index (χ2n) is 18.0. The molecule has 0 saturated carbocycles. The zero-order valence-electron chi connectivity index (χ0n) is 39.7. The Hall–Kier alpha value is -5.49. The van der Waals surface area contributed by atoms with Crippen LogP contribution in [0.2, 0.25) is 0 Å². The van der Waals surface area contributed by atoms with E-state index in [4.69, 9.17) is 14.5 Å². The summed E-state index contributed by atoms with van der Waals surface area (Å²) < 4.78 is 57.6. The van der Waals surface area contributed by atoms with E-state index in [9.17, 15) is 27.7 Å². The minimum Gasteiger partial charge on any atom is -0.493 e. The van der Waals surface area contributed by atoms with Crippen LogP contribution in [0, 0.1) is 11.6 Å². The maximum Gasteiger partial charge on any atom is 0.274 e. The first kappa shape index (κ1) is 49.9. The fourth-order valence-electron chi connectivity index (χ4n) is 9.73. The van der Waals surface area contributed by atoms with Crippen LogP contribution in [0.25, 0.3) is 10.8 Å². The Bertz CT molecular complexity index is 2810. The van der Waals surface area contributed by atoms with Crippen molar-refractivity contribution in [2.45, 2.75) is 77.8 Å². The molecule has 20 heteroatoms. The molecule has 3 aliphatic heterocycles. The number of ether oxygens (including phenoxy) is 2. The van der Waals surface area contributed by atoms with E-state index in [1.54, 1.807) is 37.9 Å². The number of nitrogens with one attached hydrogen (secondary N) is 3. The molecule has 8 rings (SSSR count). The van der Waals surface area contributed by atoms with E-state index in [0.29, 0.717) is 76.0 Å². The predicted molar refractivity (Wildman–Crippen MR) is 269 cm³/mol. The predicted octanol–water partition coefficient (Wildman–Crippen LogP) is 7.52. The first-order valence-electron chi connectivity index (χ1n) is 23.8. The van der Waals surface area contributed by atoms with E-state index in [2.05, 4.69) is 75.7 Å². The number of hydrogen-bond donors (Lipinski definition) is 3. The van der Waals surface area contributed by atoms with Crippen LogP contribution in [0.5, 0.6) is 11.5 Å². The zero-order valence-corrected chi connectivity index (χ0v) is 42.2. The number of anilines is 5. The Kier molecular flexibility index (Phi) is 15.7. The fourth-order valence-corrected chi connectivity index (χ4v) is 11.5. The van der Waals surface area contributed by atoms with Crippen LogP contribution in [0.15, 0.2) is 58.1 Å². The molecule has 5 aromatic rings. The number of imide groups is 1. The Morgan fingerprint density at radius 2 is 1.62 bits per heavy atom. The molecule has 16 nitrogen and oxygen atoms in total. The minimum absolute atomic E-state index is 0.0360. The zero-order chi connectivity index (χ0) is 49.0. The molecule has 3 saturated heterocycles. The van der Waals surface area contributed by atoms with Gasteiger partial charge in [-0.3, -0.25) is 24.6 Å². The van der Waals surface area contributed by atoms with E-state index in [1.165, 1.54) is 10.2 Å². The van der Waals surface area contributed by atoms with Crippen LogP contribution in [0.4, 0.5) is 37.6 Å². The highest BCUT2D eigenvalue weighted by molar-refractivity contribution is 9.10. The lowest BCUT2D eigenvalue weighted by molar-refractivity contribution is -0.134. The lowest BCUT2D eigenvalue weighted by Gasteiger charge is -2.43. The molecule has 5 heterocycles. The Morgan fingerprint density at radius 3 is 2.29 bits per heavy atom. The number of halogens is 3. The summed E-state index contributed by atoms with van der Waals surface area (Å²) in [5.74, 6) is -2.32. The van der Waals surface area contributed by atoms with E-state index >= 15 is 0 Å². The van der Waals surface area contributed by atoms with Gasteiger partial charge in [-0.1, -0.05) is 6.92 Å². The summed E-state index contributed by atoms with van der Waals surface area (Å²) in [5, 5.41) is 14.8. The second kappa shape index (κ2) is 21.7. The lowest BCUT2D eigenvalue weighted by atomic mass is 9.89. The van der Waals surface area contributed by atoms with Crippen LogP contribution in [0.3, 0.4) is 0 Å². The molecular weight excluding hydrogens is 973 g/mol. The summed E-state index contributed by atoms with van der Waals surface area (Å²) in [5.41, 5.74) is 3.06. The number of aromatic nitrogens is 4. The Morgan fingerprint density at radius 1 is 0.884 bits per heavy atom. The molecule has 2 aromatic heterocycles. The van der Waals surface area contributed by atoms with Gasteiger partial charge in [0.1, 0.15) is 36.1 Å². The quantitative estimate of drug-likeness (QED) is 0.0474. The molecule has 3 fully saturated rings. The van der Waals surface area contributed by atoms with Crippen LogP contribution in [0.1, 0.15) is 69.9 Å². The molecule has 0 unspecified atom stereocenters. The standard InChI is InChI=1S/C49H60BrF2N10O6P/c1-6-30-24-40(56-49-53-29-36(50)46(58-49)55-39-12-10-33-35(45(39)69(4,5)66)28-54-62(7-2)48(33)65)42(67-8-3)27-41(30)61-17-14-31(15-18-61)60-21-19-59(20-22-60)16-9-23-68-32-25-37(51)44(38(52)26-32)34-11-13-43(63)57-47(34)64/h10,12,24-29,31,34H,6-9,11,13-23H2,1-5H3,(H,57,63,64)(H2,53,55,56,58)/t34-/m1/s1. The molecule has 0 aliphatic carbocycles. The van der Waals surface area contributed by atoms with Crippen molar-refractivity contribution in [3.05, 3.63) is 86.4 Å². The van der Waals surface area contributed by atoms with Gasteiger partial charge in [0.25, 0.3) is 5.56 Å². The van der Waals surface area contributed by atoms with Gasteiger partial charge in [0, 0.05) is 111 Å². The van der Waals surface area contributed by atoms with E-state index in [0.717, 1.165) is 88.6 Å². The second-order valence-corrected chi connectivity index (χ2v) is 22.0. The normalized spacial score (nSPS) is 17.6. The molecular formula is C49H60BrF2N10O6P. The third kappa shape index (κ3) is 11.3. The van der Waals surface area contributed by atoms with Gasteiger partial charge in [-0.05, 0) is 99.0 Å². The van der Waals surface area contributed by atoms with Gasteiger partial charge in [-0.15, -0.1) is 0 Å². The van der Waals surface area contributed by atoms with Gasteiger partial charge in [-0.2, -0.15) is 10.1 Å². The van der Waals surface area contributed by atoms with Gasteiger partial charge in [-0.25, -0.2) is 18.4 Å². The molecule has 368 valence electrons. The maximum absolute atomic E-state index is 14.9. The summed E-state index contributed by atoms with van der Waals surface area (Å²) >= 11 is 3.59. The number of piperidine rings is 2. The van der Waals surface area contributed by atoms with Crippen molar-refractivity contribution in [1.82, 2.24) is 34.9 Å². The monoisotopic (exact) mass is 1030 g/mol. The molecule has 3 aromatic carbocycles. The van der Waals surface area contributed by atoms with Crippen molar-refractivity contribution in [3.8, 4) is 11.5 Å². The SMILES string of the molecule is CCOc1cc(N2CCC(N3CCN(CCCOc4cc(F)c([C@H]5CCC(=O)NC5=O)c(F)c4)CC3)CC2)c(CC)cc1Nc1ncc(Br)c(Nc2ccc3c(=O)n(CC)ncc3c2P(C)(C)=O)n1. The van der Waals surface area contributed by atoms with E-state index in [-0.39, 0.29) is 29.7 Å². The maximum atomic E-state index is 14.9. The van der Waals surface area contributed by atoms with Crippen LogP contribution in [-0.2, 0) is 27.1 Å². The van der Waals surface area contributed by atoms with Crippen molar-refractivity contribution in [3.63, 3.8) is 0 Å². The number of rotatable bonds is 17. The van der Waals surface area contributed by atoms with Crippen molar-refractivity contribution in [1.29, 1.82) is 0 Å². The topological polar surface area (TPSA) is 176 Å². The average Bonchev–Trinajstić information content (AvgIpc) is 3.32. The number of carbonyl (C=O) groups excluding carboxylic acids is 2. The molecule has 0 spiro atoms. The summed E-state index contributed by atoms with van der Waals surface area (Å²) in [6.45, 7) is 16.9. The van der Waals surface area contributed by atoms with Gasteiger partial charge in [0.2, 0.25) is 17.8 Å². The summed E-state index contributed by atoms with van der Waals surface area (Å²) in [6, 6.07) is 10.4. The Balaban J connectivity index is 0.854. The average molecular weight is 1030 g/mol.